The van der Waals surface area contributed by atoms with Gasteiger partial charge < -0.3 is 5.32 Å². The van der Waals surface area contributed by atoms with Gasteiger partial charge in [-0.1, -0.05) is 30.0 Å². The van der Waals surface area contributed by atoms with Crippen molar-refractivity contribution >= 4 is 33.7 Å². The van der Waals surface area contributed by atoms with Crippen LogP contribution in [0.2, 0.25) is 0 Å². The average Bonchev–Trinajstić information content (AvgIpc) is 3.24. The fourth-order valence-electron chi connectivity index (χ4n) is 2.61. The maximum Gasteiger partial charge on any atom is 0.260 e. The standard InChI is InChI=1S/C17H15N5OS/c1-11-13(16(23)21-17-18-8-9-24-17)10-19-22(11)15-7-6-12-4-2-3-5-14(12)20-15/h2-7,10H,8-9H2,1H3,(H,18,21,23). The Bertz CT molecular complexity index is 963. The molecule has 1 aliphatic heterocycles. The summed E-state index contributed by atoms with van der Waals surface area (Å²) in [5.74, 6) is 1.42. The number of para-hydroxylation sites is 1. The SMILES string of the molecule is Cc1c(C(=O)NC2=NCCS2)cnn1-c1ccc2ccccc2n1. The van der Waals surface area contributed by atoms with Crippen molar-refractivity contribution in [2.24, 2.45) is 4.99 Å². The van der Waals surface area contributed by atoms with Gasteiger partial charge in [0.1, 0.15) is 0 Å². The lowest BCUT2D eigenvalue weighted by molar-refractivity contribution is 0.0977. The van der Waals surface area contributed by atoms with Crippen molar-refractivity contribution in [2.45, 2.75) is 6.92 Å². The van der Waals surface area contributed by atoms with Gasteiger partial charge in [-0.05, 0) is 25.1 Å². The van der Waals surface area contributed by atoms with E-state index in [-0.39, 0.29) is 5.91 Å². The number of aliphatic imine (C=N–C) groups is 1. The Labute approximate surface area is 143 Å². The van der Waals surface area contributed by atoms with Gasteiger partial charge in [0.2, 0.25) is 0 Å². The summed E-state index contributed by atoms with van der Waals surface area (Å²) in [4.78, 5) is 21.3. The number of hydrogen-bond donors (Lipinski definition) is 1. The molecule has 0 radical (unpaired) electrons. The highest BCUT2D eigenvalue weighted by atomic mass is 32.2. The Morgan fingerprint density at radius 2 is 2.12 bits per heavy atom. The summed E-state index contributed by atoms with van der Waals surface area (Å²) in [6, 6.07) is 11.8. The van der Waals surface area contributed by atoms with Gasteiger partial charge in [0.15, 0.2) is 11.0 Å². The molecule has 1 aliphatic rings. The number of pyridine rings is 1. The fraction of sp³-hybridized carbons (Fsp3) is 0.176. The second-order valence-corrected chi connectivity index (χ2v) is 6.49. The third-order valence-corrected chi connectivity index (χ3v) is 4.75. The fourth-order valence-corrected chi connectivity index (χ4v) is 3.34. The van der Waals surface area contributed by atoms with Crippen LogP contribution in [0, 0.1) is 6.92 Å². The normalized spacial score (nSPS) is 14.0. The zero-order valence-electron chi connectivity index (χ0n) is 13.1. The predicted molar refractivity (Wildman–Crippen MR) is 95.8 cm³/mol. The predicted octanol–water partition coefficient (Wildman–Crippen LogP) is 2.56. The van der Waals surface area contributed by atoms with Crippen molar-refractivity contribution in [3.8, 4) is 5.82 Å². The van der Waals surface area contributed by atoms with Crippen LogP contribution in [0.25, 0.3) is 16.7 Å². The molecule has 24 heavy (non-hydrogen) atoms. The number of fused-ring (bicyclic) bond motifs is 1. The number of amidine groups is 1. The minimum atomic E-state index is -0.187. The molecule has 0 fully saturated rings. The van der Waals surface area contributed by atoms with Gasteiger partial charge in [-0.3, -0.25) is 9.79 Å². The van der Waals surface area contributed by atoms with Gasteiger partial charge in [0, 0.05) is 11.1 Å². The minimum Gasteiger partial charge on any atom is -0.301 e. The van der Waals surface area contributed by atoms with Crippen LogP contribution in [0.4, 0.5) is 0 Å². The van der Waals surface area contributed by atoms with E-state index in [1.54, 1.807) is 22.6 Å². The maximum atomic E-state index is 12.4. The molecule has 0 unspecified atom stereocenters. The molecule has 0 saturated carbocycles. The first-order valence-corrected chi connectivity index (χ1v) is 8.60. The van der Waals surface area contributed by atoms with Crippen molar-refractivity contribution < 1.29 is 4.79 Å². The number of hydrogen-bond acceptors (Lipinski definition) is 5. The third kappa shape index (κ3) is 2.67. The first kappa shape index (κ1) is 14.9. The van der Waals surface area contributed by atoms with Crippen LogP contribution in [0.15, 0.2) is 47.6 Å². The van der Waals surface area contributed by atoms with E-state index in [1.807, 2.05) is 43.3 Å². The highest BCUT2D eigenvalue weighted by molar-refractivity contribution is 8.14. The van der Waals surface area contributed by atoms with E-state index in [1.165, 1.54) is 0 Å². The zero-order valence-corrected chi connectivity index (χ0v) is 13.9. The monoisotopic (exact) mass is 337 g/mol. The molecule has 3 aromatic rings. The van der Waals surface area contributed by atoms with Gasteiger partial charge >= 0.3 is 0 Å². The molecule has 0 saturated heterocycles. The number of nitrogens with zero attached hydrogens (tertiary/aromatic N) is 4. The molecule has 1 aromatic carbocycles. The number of aromatic nitrogens is 3. The van der Waals surface area contributed by atoms with E-state index < -0.39 is 0 Å². The van der Waals surface area contributed by atoms with Crippen molar-refractivity contribution in [1.82, 2.24) is 20.1 Å². The second kappa shape index (κ2) is 6.09. The Hall–Kier alpha value is -2.67. The number of amides is 1. The number of thioether (sulfide) groups is 1. The number of carbonyl (C=O) groups excluding carboxylic acids is 1. The Morgan fingerprint density at radius 1 is 1.25 bits per heavy atom. The molecule has 7 heteroatoms. The molecule has 4 rings (SSSR count). The molecule has 0 atom stereocenters. The topological polar surface area (TPSA) is 72.2 Å². The van der Waals surface area contributed by atoms with E-state index >= 15 is 0 Å². The van der Waals surface area contributed by atoms with Crippen molar-refractivity contribution in [3.05, 3.63) is 53.9 Å². The quantitative estimate of drug-likeness (QED) is 0.780. The van der Waals surface area contributed by atoms with Crippen molar-refractivity contribution in [1.29, 1.82) is 0 Å². The van der Waals surface area contributed by atoms with Gasteiger partial charge in [-0.2, -0.15) is 5.10 Å². The first-order valence-electron chi connectivity index (χ1n) is 7.62. The smallest absolute Gasteiger partial charge is 0.260 e. The van der Waals surface area contributed by atoms with Gasteiger partial charge in [-0.25, -0.2) is 9.67 Å². The largest absolute Gasteiger partial charge is 0.301 e. The highest BCUT2D eigenvalue weighted by Crippen LogP contribution is 2.17. The van der Waals surface area contributed by atoms with E-state index in [2.05, 4.69) is 20.4 Å². The summed E-state index contributed by atoms with van der Waals surface area (Å²) in [5.41, 5.74) is 2.17. The highest BCUT2D eigenvalue weighted by Gasteiger charge is 2.18. The van der Waals surface area contributed by atoms with Crippen LogP contribution in [-0.4, -0.2) is 38.1 Å². The molecule has 2 aromatic heterocycles. The number of rotatable bonds is 2. The Morgan fingerprint density at radius 3 is 2.96 bits per heavy atom. The van der Waals surface area contributed by atoms with E-state index in [0.29, 0.717) is 16.5 Å². The Kier molecular flexibility index (Phi) is 3.78. The van der Waals surface area contributed by atoms with Crippen LogP contribution in [0.1, 0.15) is 16.1 Å². The Balaban J connectivity index is 1.66. The molecule has 1 N–H and O–H groups in total. The summed E-state index contributed by atoms with van der Waals surface area (Å²) in [6.45, 7) is 2.61. The van der Waals surface area contributed by atoms with Crippen molar-refractivity contribution in [2.75, 3.05) is 12.3 Å². The molecule has 3 heterocycles. The lowest BCUT2D eigenvalue weighted by Crippen LogP contribution is -2.27. The van der Waals surface area contributed by atoms with Crippen LogP contribution in [0.3, 0.4) is 0 Å². The maximum absolute atomic E-state index is 12.4. The summed E-state index contributed by atoms with van der Waals surface area (Å²) in [5, 5.41) is 8.91. The molecular formula is C17H15N5OS. The van der Waals surface area contributed by atoms with Crippen LogP contribution >= 0.6 is 11.8 Å². The number of benzene rings is 1. The molecule has 0 spiro atoms. The van der Waals surface area contributed by atoms with Gasteiger partial charge in [0.05, 0.1) is 29.5 Å². The van der Waals surface area contributed by atoms with E-state index in [9.17, 15) is 4.79 Å². The summed E-state index contributed by atoms with van der Waals surface area (Å²) < 4.78 is 1.69. The summed E-state index contributed by atoms with van der Waals surface area (Å²) >= 11 is 1.55. The van der Waals surface area contributed by atoms with Crippen LogP contribution in [0.5, 0.6) is 0 Å². The van der Waals surface area contributed by atoms with Crippen LogP contribution in [-0.2, 0) is 0 Å². The lowest BCUT2D eigenvalue weighted by Gasteiger charge is -2.06. The third-order valence-electron chi connectivity index (χ3n) is 3.86. The first-order chi connectivity index (χ1) is 11.7. The zero-order chi connectivity index (χ0) is 16.5. The lowest BCUT2D eigenvalue weighted by atomic mass is 10.2. The molecule has 0 aliphatic carbocycles. The molecule has 6 nitrogen and oxygen atoms in total. The summed E-state index contributed by atoms with van der Waals surface area (Å²) in [6.07, 6.45) is 1.57. The average molecular weight is 337 g/mol. The van der Waals surface area contributed by atoms with E-state index in [4.69, 9.17) is 0 Å². The van der Waals surface area contributed by atoms with E-state index in [0.717, 1.165) is 28.9 Å². The van der Waals surface area contributed by atoms with Gasteiger partial charge in [-0.15, -0.1) is 0 Å². The molecule has 120 valence electrons. The van der Waals surface area contributed by atoms with Gasteiger partial charge in [0.25, 0.3) is 5.91 Å². The molecular weight excluding hydrogens is 322 g/mol. The minimum absolute atomic E-state index is 0.187. The molecule has 1 amide bonds. The number of carbonyl (C=O) groups is 1. The number of nitrogens with one attached hydrogen (secondary N) is 1. The second-order valence-electron chi connectivity index (χ2n) is 5.41. The van der Waals surface area contributed by atoms with Crippen LogP contribution < -0.4 is 5.32 Å². The molecule has 0 bridgehead atoms. The van der Waals surface area contributed by atoms with Crippen molar-refractivity contribution in [3.63, 3.8) is 0 Å². The summed E-state index contributed by atoms with van der Waals surface area (Å²) in [7, 11) is 0.